The van der Waals surface area contributed by atoms with E-state index in [1.807, 2.05) is 66.7 Å². The van der Waals surface area contributed by atoms with Gasteiger partial charge in [-0.1, -0.05) is 36.4 Å². The summed E-state index contributed by atoms with van der Waals surface area (Å²) in [6.07, 6.45) is 3.78. The van der Waals surface area contributed by atoms with Crippen molar-refractivity contribution < 1.29 is 4.74 Å². The SMILES string of the molecule is COc1ccc(NC(C#N)/C=C/c2ccccc2)cc1. The molecule has 2 aromatic carbocycles. The summed E-state index contributed by atoms with van der Waals surface area (Å²) >= 11 is 0. The lowest BCUT2D eigenvalue weighted by molar-refractivity contribution is 0.415. The number of rotatable bonds is 5. The molecule has 0 aliphatic rings. The van der Waals surface area contributed by atoms with Crippen molar-refractivity contribution >= 4 is 11.8 Å². The average Bonchev–Trinajstić information content (AvgIpc) is 2.53. The second-order valence-corrected chi connectivity index (χ2v) is 4.25. The van der Waals surface area contributed by atoms with Gasteiger partial charge in [-0.05, 0) is 35.9 Å². The van der Waals surface area contributed by atoms with Gasteiger partial charge in [-0.2, -0.15) is 5.26 Å². The molecule has 0 aliphatic carbocycles. The molecule has 0 fully saturated rings. The fraction of sp³-hybridized carbons (Fsp3) is 0.118. The average molecular weight is 264 g/mol. The van der Waals surface area contributed by atoms with Gasteiger partial charge in [0.2, 0.25) is 0 Å². The van der Waals surface area contributed by atoms with E-state index in [1.54, 1.807) is 7.11 Å². The molecule has 1 N–H and O–H groups in total. The summed E-state index contributed by atoms with van der Waals surface area (Å²) in [6, 6.07) is 19.2. The first kappa shape index (κ1) is 13.7. The number of methoxy groups -OCH3 is 1. The van der Waals surface area contributed by atoms with Crippen molar-refractivity contribution in [3.63, 3.8) is 0 Å². The van der Waals surface area contributed by atoms with Gasteiger partial charge in [0, 0.05) is 5.69 Å². The van der Waals surface area contributed by atoms with Crippen LogP contribution >= 0.6 is 0 Å². The van der Waals surface area contributed by atoms with Gasteiger partial charge in [0.25, 0.3) is 0 Å². The molecular formula is C17H16N2O. The number of hydrogen-bond donors (Lipinski definition) is 1. The zero-order valence-electron chi connectivity index (χ0n) is 11.3. The number of nitrogens with one attached hydrogen (secondary N) is 1. The largest absolute Gasteiger partial charge is 0.497 e. The van der Waals surface area contributed by atoms with Crippen LogP contribution in [0.3, 0.4) is 0 Å². The molecule has 0 amide bonds. The molecule has 0 spiro atoms. The number of benzene rings is 2. The quantitative estimate of drug-likeness (QED) is 0.895. The number of hydrogen-bond acceptors (Lipinski definition) is 3. The van der Waals surface area contributed by atoms with E-state index in [9.17, 15) is 5.26 Å². The van der Waals surface area contributed by atoms with Gasteiger partial charge in [0.05, 0.1) is 13.2 Å². The van der Waals surface area contributed by atoms with Crippen LogP contribution < -0.4 is 10.1 Å². The predicted molar refractivity (Wildman–Crippen MR) is 81.5 cm³/mol. The summed E-state index contributed by atoms with van der Waals surface area (Å²) in [5.41, 5.74) is 1.96. The second kappa shape index (κ2) is 7.01. The standard InChI is InChI=1S/C17H16N2O/c1-20-17-11-9-15(10-12-17)19-16(13-18)8-7-14-5-3-2-4-6-14/h2-12,16,19H,1H3/b8-7+. The summed E-state index contributed by atoms with van der Waals surface area (Å²) in [5, 5.41) is 12.3. The maximum atomic E-state index is 9.18. The lowest BCUT2D eigenvalue weighted by atomic mass is 10.1. The van der Waals surface area contributed by atoms with Gasteiger partial charge in [-0.15, -0.1) is 0 Å². The van der Waals surface area contributed by atoms with E-state index in [0.29, 0.717) is 0 Å². The van der Waals surface area contributed by atoms with Crippen molar-refractivity contribution in [1.82, 2.24) is 0 Å². The highest BCUT2D eigenvalue weighted by atomic mass is 16.5. The van der Waals surface area contributed by atoms with Crippen LogP contribution in [0, 0.1) is 11.3 Å². The van der Waals surface area contributed by atoms with Crippen molar-refractivity contribution in [3.8, 4) is 11.8 Å². The van der Waals surface area contributed by atoms with E-state index >= 15 is 0 Å². The monoisotopic (exact) mass is 264 g/mol. The molecule has 0 bridgehead atoms. The molecular weight excluding hydrogens is 248 g/mol. The maximum absolute atomic E-state index is 9.18. The summed E-state index contributed by atoms with van der Waals surface area (Å²) in [4.78, 5) is 0. The number of anilines is 1. The summed E-state index contributed by atoms with van der Waals surface area (Å²) < 4.78 is 5.10. The maximum Gasteiger partial charge on any atom is 0.133 e. The van der Waals surface area contributed by atoms with Gasteiger partial charge in [-0.25, -0.2) is 0 Å². The zero-order chi connectivity index (χ0) is 14.2. The van der Waals surface area contributed by atoms with Crippen molar-refractivity contribution in [2.24, 2.45) is 0 Å². The molecule has 0 saturated carbocycles. The van der Waals surface area contributed by atoms with Crippen LogP contribution in [0.2, 0.25) is 0 Å². The van der Waals surface area contributed by atoms with Gasteiger partial charge in [0.1, 0.15) is 11.8 Å². The van der Waals surface area contributed by atoms with E-state index in [4.69, 9.17) is 4.74 Å². The lowest BCUT2D eigenvalue weighted by Gasteiger charge is -2.09. The van der Waals surface area contributed by atoms with Crippen molar-refractivity contribution in [1.29, 1.82) is 5.26 Å². The first-order chi connectivity index (χ1) is 9.81. The van der Waals surface area contributed by atoms with Crippen LogP contribution in [-0.2, 0) is 0 Å². The van der Waals surface area contributed by atoms with E-state index in [2.05, 4.69) is 11.4 Å². The molecule has 0 aromatic heterocycles. The Bertz CT molecular complexity index is 597. The van der Waals surface area contributed by atoms with Crippen LogP contribution in [-0.4, -0.2) is 13.2 Å². The summed E-state index contributed by atoms with van der Waals surface area (Å²) in [6.45, 7) is 0. The molecule has 0 saturated heterocycles. The highest BCUT2D eigenvalue weighted by Gasteiger charge is 2.02. The molecule has 20 heavy (non-hydrogen) atoms. The van der Waals surface area contributed by atoms with E-state index in [0.717, 1.165) is 17.0 Å². The smallest absolute Gasteiger partial charge is 0.133 e. The Morgan fingerprint density at radius 3 is 2.40 bits per heavy atom. The Balaban J connectivity index is 2.02. The van der Waals surface area contributed by atoms with Crippen LogP contribution in [0.1, 0.15) is 5.56 Å². The van der Waals surface area contributed by atoms with Gasteiger partial charge >= 0.3 is 0 Å². The topological polar surface area (TPSA) is 45.0 Å². The number of nitrogens with zero attached hydrogens (tertiary/aromatic N) is 1. The first-order valence-corrected chi connectivity index (χ1v) is 6.35. The lowest BCUT2D eigenvalue weighted by Crippen LogP contribution is -2.13. The molecule has 2 rings (SSSR count). The molecule has 1 unspecified atom stereocenters. The van der Waals surface area contributed by atoms with E-state index in [-0.39, 0.29) is 6.04 Å². The Kier molecular flexibility index (Phi) is 4.80. The minimum absolute atomic E-state index is 0.372. The van der Waals surface area contributed by atoms with Crippen LogP contribution in [0.15, 0.2) is 60.7 Å². The summed E-state index contributed by atoms with van der Waals surface area (Å²) in [5.74, 6) is 0.795. The number of nitriles is 1. The van der Waals surface area contributed by atoms with Gasteiger partial charge in [0.15, 0.2) is 0 Å². The fourth-order valence-electron chi connectivity index (χ4n) is 1.76. The van der Waals surface area contributed by atoms with E-state index < -0.39 is 0 Å². The normalized spacial score (nSPS) is 11.8. The van der Waals surface area contributed by atoms with Crippen LogP contribution in [0.4, 0.5) is 5.69 Å². The highest BCUT2D eigenvalue weighted by Crippen LogP contribution is 2.16. The Morgan fingerprint density at radius 2 is 1.80 bits per heavy atom. The third-order valence-corrected chi connectivity index (χ3v) is 2.83. The molecule has 2 aromatic rings. The molecule has 0 radical (unpaired) electrons. The molecule has 3 heteroatoms. The van der Waals surface area contributed by atoms with Gasteiger partial charge < -0.3 is 10.1 Å². The highest BCUT2D eigenvalue weighted by molar-refractivity contribution is 5.54. The third kappa shape index (κ3) is 3.89. The minimum atomic E-state index is -0.372. The summed E-state index contributed by atoms with van der Waals surface area (Å²) in [7, 11) is 1.63. The van der Waals surface area contributed by atoms with Crippen molar-refractivity contribution in [2.45, 2.75) is 6.04 Å². The third-order valence-electron chi connectivity index (χ3n) is 2.83. The molecule has 3 nitrogen and oxygen atoms in total. The zero-order valence-corrected chi connectivity index (χ0v) is 11.3. The Labute approximate surface area is 119 Å². The van der Waals surface area contributed by atoms with Crippen molar-refractivity contribution in [3.05, 3.63) is 66.2 Å². The predicted octanol–water partition coefficient (Wildman–Crippen LogP) is 3.71. The van der Waals surface area contributed by atoms with Crippen LogP contribution in [0.5, 0.6) is 5.75 Å². The molecule has 1 atom stereocenters. The van der Waals surface area contributed by atoms with Crippen molar-refractivity contribution in [2.75, 3.05) is 12.4 Å². The Hall–Kier alpha value is -2.73. The number of ether oxygens (including phenoxy) is 1. The minimum Gasteiger partial charge on any atom is -0.497 e. The van der Waals surface area contributed by atoms with Gasteiger partial charge in [-0.3, -0.25) is 0 Å². The molecule has 100 valence electrons. The second-order valence-electron chi connectivity index (χ2n) is 4.25. The van der Waals surface area contributed by atoms with Crippen LogP contribution in [0.25, 0.3) is 6.08 Å². The molecule has 0 aliphatic heterocycles. The molecule has 0 heterocycles. The first-order valence-electron chi connectivity index (χ1n) is 6.35. The van der Waals surface area contributed by atoms with E-state index in [1.165, 1.54) is 0 Å². The fourth-order valence-corrected chi connectivity index (χ4v) is 1.76. The Morgan fingerprint density at radius 1 is 1.10 bits per heavy atom.